The topological polar surface area (TPSA) is 29.1 Å². The van der Waals surface area contributed by atoms with Crippen molar-refractivity contribution in [2.24, 2.45) is 0 Å². The van der Waals surface area contributed by atoms with Crippen LogP contribution in [0.5, 0.6) is 0 Å². The molecule has 3 rings (SSSR count). The maximum absolute atomic E-state index is 12.3. The molecule has 2 nitrogen and oxygen atoms in total. The molecule has 1 aromatic carbocycles. The molecule has 1 amide bonds. The number of aryl methyl sites for hydroxylation is 2. The summed E-state index contributed by atoms with van der Waals surface area (Å²) < 4.78 is 0. The van der Waals surface area contributed by atoms with Crippen molar-refractivity contribution in [3.8, 4) is 0 Å². The number of nitrogens with one attached hydrogen (secondary N) is 1. The van der Waals surface area contributed by atoms with Gasteiger partial charge in [-0.25, -0.2) is 0 Å². The summed E-state index contributed by atoms with van der Waals surface area (Å²) >= 11 is 13.7. The highest BCUT2D eigenvalue weighted by atomic mass is 35.5. The number of carbonyl (C=O) groups excluding carboxylic acids is 1. The Morgan fingerprint density at radius 2 is 2.10 bits per heavy atom. The predicted molar refractivity (Wildman–Crippen MR) is 88.7 cm³/mol. The molecule has 1 atom stereocenters. The molecule has 5 heteroatoms. The van der Waals surface area contributed by atoms with E-state index in [1.54, 1.807) is 23.5 Å². The summed E-state index contributed by atoms with van der Waals surface area (Å²) in [5.74, 6) is -0.0343. The van der Waals surface area contributed by atoms with Crippen LogP contribution in [0.2, 0.25) is 10.0 Å². The summed E-state index contributed by atoms with van der Waals surface area (Å²) in [7, 11) is 0. The fraction of sp³-hybridized carbons (Fsp3) is 0.312. The molecule has 0 saturated carbocycles. The number of fused-ring (bicyclic) bond motifs is 1. The maximum Gasteiger partial charge on any atom is 0.261 e. The number of amides is 1. The van der Waals surface area contributed by atoms with Gasteiger partial charge in [0.05, 0.1) is 10.9 Å². The lowest BCUT2D eigenvalue weighted by Crippen LogP contribution is -2.26. The van der Waals surface area contributed by atoms with E-state index in [1.165, 1.54) is 16.9 Å². The van der Waals surface area contributed by atoms with Crippen LogP contribution in [0.4, 0.5) is 0 Å². The highest BCUT2D eigenvalue weighted by molar-refractivity contribution is 7.14. The van der Waals surface area contributed by atoms with Crippen molar-refractivity contribution in [2.45, 2.75) is 32.2 Å². The Bertz CT molecular complexity index is 674. The highest BCUT2D eigenvalue weighted by Gasteiger charge is 2.20. The highest BCUT2D eigenvalue weighted by Crippen LogP contribution is 2.31. The second kappa shape index (κ2) is 5.99. The van der Waals surface area contributed by atoms with Gasteiger partial charge >= 0.3 is 0 Å². The first kappa shape index (κ1) is 14.9. The lowest BCUT2D eigenvalue weighted by molar-refractivity contribution is 0.0944. The number of thiophene rings is 1. The molecule has 0 aliphatic heterocycles. The quantitative estimate of drug-likeness (QED) is 0.834. The first-order valence-electron chi connectivity index (χ1n) is 6.92. The molecule has 1 heterocycles. The molecule has 2 aromatic rings. The Hall–Kier alpha value is -1.03. The summed E-state index contributed by atoms with van der Waals surface area (Å²) in [4.78, 5) is 14.5. The van der Waals surface area contributed by atoms with Gasteiger partial charge in [0.1, 0.15) is 0 Å². The van der Waals surface area contributed by atoms with Crippen LogP contribution < -0.4 is 5.32 Å². The van der Waals surface area contributed by atoms with Crippen LogP contribution in [0.15, 0.2) is 24.3 Å². The first-order chi connectivity index (χ1) is 10.0. The summed E-state index contributed by atoms with van der Waals surface area (Å²) in [6, 6.07) is 7.20. The van der Waals surface area contributed by atoms with Crippen molar-refractivity contribution in [1.29, 1.82) is 0 Å². The lowest BCUT2D eigenvalue weighted by Gasteiger charge is -2.15. The van der Waals surface area contributed by atoms with E-state index in [-0.39, 0.29) is 11.9 Å². The Balaban J connectivity index is 1.74. The molecular formula is C16H15Cl2NOS. The number of rotatable bonds is 3. The number of hydrogen-bond acceptors (Lipinski definition) is 2. The average molecular weight is 340 g/mol. The minimum atomic E-state index is -0.154. The van der Waals surface area contributed by atoms with E-state index in [4.69, 9.17) is 23.2 Å². The fourth-order valence-electron chi connectivity index (χ4n) is 2.64. The van der Waals surface area contributed by atoms with Crippen LogP contribution in [0, 0.1) is 0 Å². The van der Waals surface area contributed by atoms with Gasteiger partial charge in [-0.05, 0) is 55.5 Å². The van der Waals surface area contributed by atoms with Crippen molar-refractivity contribution in [1.82, 2.24) is 5.32 Å². The second-order valence-electron chi connectivity index (χ2n) is 5.27. The molecule has 110 valence electrons. The molecule has 21 heavy (non-hydrogen) atoms. The third-order valence-electron chi connectivity index (χ3n) is 3.75. The molecule has 1 aromatic heterocycles. The van der Waals surface area contributed by atoms with Crippen LogP contribution in [0.1, 0.15) is 45.1 Å². The molecule has 0 fully saturated rings. The van der Waals surface area contributed by atoms with Gasteiger partial charge < -0.3 is 5.32 Å². The van der Waals surface area contributed by atoms with Gasteiger partial charge in [0.15, 0.2) is 0 Å². The predicted octanol–water partition coefficient (Wildman–Crippen LogP) is 5.03. The van der Waals surface area contributed by atoms with Crippen molar-refractivity contribution < 1.29 is 4.79 Å². The summed E-state index contributed by atoms with van der Waals surface area (Å²) in [5.41, 5.74) is 2.21. The number of carbonyl (C=O) groups is 1. The standard InChI is InChI=1S/C16H15Cl2NOS/c1-9(12-6-5-11(17)8-13(12)18)19-16(20)15-7-10-3-2-4-14(10)21-15/h5-9H,2-4H2,1H3,(H,19,20)/t9-/m0/s1. The number of hydrogen-bond donors (Lipinski definition) is 1. The SMILES string of the molecule is C[C@H](NC(=O)c1cc2c(s1)CCC2)c1ccc(Cl)cc1Cl. The van der Waals surface area contributed by atoms with Crippen molar-refractivity contribution in [2.75, 3.05) is 0 Å². The van der Waals surface area contributed by atoms with Crippen LogP contribution >= 0.6 is 34.5 Å². The van der Waals surface area contributed by atoms with Crippen molar-refractivity contribution in [3.63, 3.8) is 0 Å². The summed E-state index contributed by atoms with van der Waals surface area (Å²) in [6.45, 7) is 1.92. The number of halogens is 2. The van der Waals surface area contributed by atoms with Gasteiger partial charge in [0, 0.05) is 14.9 Å². The Kier molecular flexibility index (Phi) is 4.25. The van der Waals surface area contributed by atoms with Gasteiger partial charge in [-0.15, -0.1) is 11.3 Å². The third kappa shape index (κ3) is 3.10. The zero-order chi connectivity index (χ0) is 15.0. The van der Waals surface area contributed by atoms with Crippen molar-refractivity contribution in [3.05, 3.63) is 55.2 Å². The van der Waals surface area contributed by atoms with Crippen LogP contribution in [-0.2, 0) is 12.8 Å². The maximum atomic E-state index is 12.3. The van der Waals surface area contributed by atoms with E-state index in [2.05, 4.69) is 5.32 Å². The van der Waals surface area contributed by atoms with E-state index < -0.39 is 0 Å². The van der Waals surface area contributed by atoms with Gasteiger partial charge in [0.2, 0.25) is 0 Å². The molecule has 0 radical (unpaired) electrons. The van der Waals surface area contributed by atoms with E-state index in [9.17, 15) is 4.79 Å². The van der Waals surface area contributed by atoms with Gasteiger partial charge in [-0.2, -0.15) is 0 Å². The van der Waals surface area contributed by atoms with Gasteiger partial charge in [-0.1, -0.05) is 29.3 Å². The summed E-state index contributed by atoms with van der Waals surface area (Å²) in [6.07, 6.45) is 3.41. The molecule has 0 unspecified atom stereocenters. The number of benzene rings is 1. The molecule has 0 bridgehead atoms. The van der Waals surface area contributed by atoms with Crippen LogP contribution in [0.25, 0.3) is 0 Å². The summed E-state index contributed by atoms with van der Waals surface area (Å²) in [5, 5.41) is 4.17. The Morgan fingerprint density at radius 3 is 2.81 bits per heavy atom. The van der Waals surface area contributed by atoms with Crippen LogP contribution in [-0.4, -0.2) is 5.91 Å². The molecule has 0 spiro atoms. The van der Waals surface area contributed by atoms with Crippen LogP contribution in [0.3, 0.4) is 0 Å². The average Bonchev–Trinajstić information content (AvgIpc) is 2.98. The minimum absolute atomic E-state index is 0.0343. The molecule has 1 aliphatic carbocycles. The smallest absolute Gasteiger partial charge is 0.261 e. The molecule has 1 N–H and O–H groups in total. The lowest BCUT2D eigenvalue weighted by atomic mass is 10.1. The van der Waals surface area contributed by atoms with Gasteiger partial charge in [-0.3, -0.25) is 4.79 Å². The fourth-order valence-corrected chi connectivity index (χ4v) is 4.37. The van der Waals surface area contributed by atoms with Gasteiger partial charge in [0.25, 0.3) is 5.91 Å². The monoisotopic (exact) mass is 339 g/mol. The zero-order valence-corrected chi connectivity index (χ0v) is 13.9. The second-order valence-corrected chi connectivity index (χ2v) is 7.25. The minimum Gasteiger partial charge on any atom is -0.345 e. The first-order valence-corrected chi connectivity index (χ1v) is 8.49. The zero-order valence-electron chi connectivity index (χ0n) is 11.6. The van der Waals surface area contributed by atoms with E-state index >= 15 is 0 Å². The molecule has 1 aliphatic rings. The third-order valence-corrected chi connectivity index (χ3v) is 5.55. The molecular weight excluding hydrogens is 325 g/mol. The molecule has 0 saturated heterocycles. The van der Waals surface area contributed by atoms with E-state index in [0.717, 1.165) is 23.3 Å². The van der Waals surface area contributed by atoms with Crippen molar-refractivity contribution >= 4 is 40.4 Å². The Morgan fingerprint density at radius 1 is 1.29 bits per heavy atom. The Labute approximate surface area is 138 Å². The van der Waals surface area contributed by atoms with E-state index in [0.29, 0.717) is 10.0 Å². The van der Waals surface area contributed by atoms with E-state index in [1.807, 2.05) is 19.1 Å². The normalized spacial score (nSPS) is 14.8. The largest absolute Gasteiger partial charge is 0.345 e.